The zero-order valence-corrected chi connectivity index (χ0v) is 17.9. The first-order chi connectivity index (χ1) is 14.1. The molecule has 0 unspecified atom stereocenters. The highest BCUT2D eigenvalue weighted by Gasteiger charge is 2.54. The number of rotatable bonds is 2. The molecule has 2 aliphatic carbocycles. The van der Waals surface area contributed by atoms with Crippen molar-refractivity contribution in [2.75, 3.05) is 4.90 Å². The smallest absolute Gasteiger partial charge is 0.231 e. The molecule has 0 radical (unpaired) electrons. The fourth-order valence-electron chi connectivity index (χ4n) is 6.05. The first kappa shape index (κ1) is 19.1. The molecule has 1 spiro atoms. The lowest BCUT2D eigenvalue weighted by Crippen LogP contribution is -2.61. The minimum atomic E-state index is 0.0147. The van der Waals surface area contributed by atoms with Crippen LogP contribution in [0.15, 0.2) is 24.3 Å². The summed E-state index contributed by atoms with van der Waals surface area (Å²) in [4.78, 5) is 20.0. The maximum Gasteiger partial charge on any atom is 0.231 e. The molecule has 2 aromatic rings. The number of anilines is 1. The maximum absolute atomic E-state index is 13.1. The number of hydrogen-bond acceptors (Lipinski definition) is 3. The van der Waals surface area contributed by atoms with Crippen LogP contribution in [0.5, 0.6) is 0 Å². The summed E-state index contributed by atoms with van der Waals surface area (Å²) in [5.74, 6) is 2.13. The third-order valence-electron chi connectivity index (χ3n) is 7.37. The predicted octanol–water partition coefficient (Wildman–Crippen LogP) is 5.57. The monoisotopic (exact) mass is 412 g/mol. The van der Waals surface area contributed by atoms with Gasteiger partial charge >= 0.3 is 0 Å². The highest BCUT2D eigenvalue weighted by atomic mass is 35.5. The first-order valence-corrected chi connectivity index (χ1v) is 11.6. The molecule has 5 nitrogen and oxygen atoms in total. The zero-order valence-electron chi connectivity index (χ0n) is 17.1. The van der Waals surface area contributed by atoms with Gasteiger partial charge in [0.2, 0.25) is 11.9 Å². The van der Waals surface area contributed by atoms with Crippen molar-refractivity contribution >= 4 is 23.5 Å². The molecule has 2 fully saturated rings. The molecule has 0 saturated heterocycles. The van der Waals surface area contributed by atoms with Gasteiger partial charge in [-0.15, -0.1) is 5.10 Å². The van der Waals surface area contributed by atoms with E-state index in [-0.39, 0.29) is 17.5 Å². The number of benzene rings is 1. The molecule has 0 bridgehead atoms. The summed E-state index contributed by atoms with van der Waals surface area (Å²) in [6, 6.07) is 7.96. The van der Waals surface area contributed by atoms with Crippen molar-refractivity contribution in [2.24, 2.45) is 5.92 Å². The average molecular weight is 413 g/mol. The minimum absolute atomic E-state index is 0.0147. The van der Waals surface area contributed by atoms with Crippen LogP contribution in [-0.2, 0) is 10.3 Å². The van der Waals surface area contributed by atoms with Gasteiger partial charge in [-0.25, -0.2) is 4.68 Å². The van der Waals surface area contributed by atoms with Crippen LogP contribution < -0.4 is 4.90 Å². The molecule has 0 N–H and O–H groups in total. The van der Waals surface area contributed by atoms with E-state index in [1.54, 1.807) is 0 Å². The minimum Gasteiger partial charge on any atom is -0.277 e. The average Bonchev–Trinajstić information content (AvgIpc) is 3.21. The summed E-state index contributed by atoms with van der Waals surface area (Å²) >= 11 is 6.08. The fourth-order valence-corrected chi connectivity index (χ4v) is 6.17. The highest BCUT2D eigenvalue weighted by Crippen LogP contribution is 2.53. The van der Waals surface area contributed by atoms with E-state index >= 15 is 0 Å². The molecule has 2 heterocycles. The normalized spacial score (nSPS) is 25.5. The van der Waals surface area contributed by atoms with Crippen LogP contribution in [0.25, 0.3) is 11.4 Å². The van der Waals surface area contributed by atoms with Crippen molar-refractivity contribution < 1.29 is 4.79 Å². The Morgan fingerprint density at radius 1 is 1.10 bits per heavy atom. The predicted molar refractivity (Wildman–Crippen MR) is 115 cm³/mol. The summed E-state index contributed by atoms with van der Waals surface area (Å²) < 4.78 is 2.18. The van der Waals surface area contributed by atoms with E-state index in [4.69, 9.17) is 21.7 Å². The van der Waals surface area contributed by atoms with E-state index < -0.39 is 0 Å². The molecule has 29 heavy (non-hydrogen) atoms. The van der Waals surface area contributed by atoms with Crippen molar-refractivity contribution in [1.29, 1.82) is 0 Å². The molecular formula is C23H29ClN4O. The van der Waals surface area contributed by atoms with Crippen LogP contribution in [-0.4, -0.2) is 26.7 Å². The largest absolute Gasteiger partial charge is 0.277 e. The summed E-state index contributed by atoms with van der Waals surface area (Å²) in [5.41, 5.74) is 0.968. The van der Waals surface area contributed by atoms with Crippen molar-refractivity contribution in [3.63, 3.8) is 0 Å². The molecule has 6 heteroatoms. The lowest BCUT2D eigenvalue weighted by molar-refractivity contribution is -0.120. The Hall–Kier alpha value is -1.88. The third kappa shape index (κ3) is 3.00. The van der Waals surface area contributed by atoms with Gasteiger partial charge in [0.15, 0.2) is 5.82 Å². The summed E-state index contributed by atoms with van der Waals surface area (Å²) in [6.45, 7) is 1.95. The molecule has 2 atom stereocenters. The van der Waals surface area contributed by atoms with Gasteiger partial charge in [0.05, 0.1) is 5.54 Å². The summed E-state index contributed by atoms with van der Waals surface area (Å²) in [7, 11) is 0. The van der Waals surface area contributed by atoms with Crippen LogP contribution in [0, 0.1) is 5.92 Å². The van der Waals surface area contributed by atoms with Gasteiger partial charge in [-0.05, 0) is 49.9 Å². The van der Waals surface area contributed by atoms with E-state index in [2.05, 4.69) is 4.68 Å². The van der Waals surface area contributed by atoms with Crippen molar-refractivity contribution in [3.8, 4) is 11.4 Å². The number of halogens is 1. The number of carbonyl (C=O) groups excluding carboxylic acids is 1. The third-order valence-corrected chi connectivity index (χ3v) is 7.62. The van der Waals surface area contributed by atoms with Crippen LogP contribution in [0.1, 0.15) is 71.1 Å². The lowest BCUT2D eigenvalue weighted by Gasteiger charge is -2.55. The van der Waals surface area contributed by atoms with Gasteiger partial charge < -0.3 is 0 Å². The molecule has 1 aliphatic heterocycles. The van der Waals surface area contributed by atoms with Crippen LogP contribution in [0.4, 0.5) is 5.95 Å². The van der Waals surface area contributed by atoms with E-state index in [1.807, 2.05) is 36.1 Å². The standard InChI is InChI=1S/C23H29ClN4O/c1-2-20(29)27-19-9-5-4-8-18(19)23(14-6-3-7-15-23)28-22(27)25-21(26-28)16-10-12-17(24)13-11-16/h10-13,18-19H,2-9,14-15H2,1H3/t18-,19+/m1/s1. The van der Waals surface area contributed by atoms with Crippen molar-refractivity contribution in [2.45, 2.75) is 82.7 Å². The van der Waals surface area contributed by atoms with Gasteiger partial charge in [0.1, 0.15) is 0 Å². The lowest BCUT2D eigenvalue weighted by atomic mass is 9.64. The number of amides is 1. The summed E-state index contributed by atoms with van der Waals surface area (Å²) in [5, 5.41) is 5.76. The zero-order chi connectivity index (χ0) is 20.0. The Bertz CT molecular complexity index is 900. The Labute approximate surface area is 177 Å². The fraction of sp³-hybridized carbons (Fsp3) is 0.609. The van der Waals surface area contributed by atoms with Crippen LogP contribution in [0.2, 0.25) is 5.02 Å². The Kier molecular flexibility index (Phi) is 4.89. The molecule has 1 aromatic carbocycles. The Balaban J connectivity index is 1.69. The second-order valence-corrected chi connectivity index (χ2v) is 9.33. The van der Waals surface area contributed by atoms with Gasteiger partial charge in [-0.3, -0.25) is 9.69 Å². The maximum atomic E-state index is 13.1. The Morgan fingerprint density at radius 3 is 2.55 bits per heavy atom. The van der Waals surface area contributed by atoms with Crippen LogP contribution >= 0.6 is 11.6 Å². The summed E-state index contributed by atoms with van der Waals surface area (Å²) in [6.07, 6.45) is 11.3. The van der Waals surface area contributed by atoms with Gasteiger partial charge in [0, 0.05) is 29.0 Å². The molecule has 154 valence electrons. The number of carbonyl (C=O) groups is 1. The number of hydrogen-bond donors (Lipinski definition) is 0. The Morgan fingerprint density at radius 2 is 1.83 bits per heavy atom. The van der Waals surface area contributed by atoms with Gasteiger partial charge in [-0.2, -0.15) is 4.98 Å². The number of fused-ring (bicyclic) bond motifs is 4. The van der Waals surface area contributed by atoms with E-state index in [0.29, 0.717) is 23.2 Å². The number of nitrogens with zero attached hydrogens (tertiary/aromatic N) is 4. The van der Waals surface area contributed by atoms with Gasteiger partial charge in [-0.1, -0.05) is 50.6 Å². The first-order valence-electron chi connectivity index (χ1n) is 11.2. The molecule has 2 saturated carbocycles. The second kappa shape index (κ2) is 7.42. The topological polar surface area (TPSA) is 51.0 Å². The number of aromatic nitrogens is 3. The van der Waals surface area contributed by atoms with Gasteiger partial charge in [0.25, 0.3) is 0 Å². The van der Waals surface area contributed by atoms with E-state index in [1.165, 1.54) is 38.5 Å². The quantitative estimate of drug-likeness (QED) is 0.647. The highest BCUT2D eigenvalue weighted by molar-refractivity contribution is 6.30. The van der Waals surface area contributed by atoms with Crippen molar-refractivity contribution in [1.82, 2.24) is 14.8 Å². The van der Waals surface area contributed by atoms with Crippen molar-refractivity contribution in [3.05, 3.63) is 29.3 Å². The van der Waals surface area contributed by atoms with E-state index in [9.17, 15) is 4.79 Å². The van der Waals surface area contributed by atoms with E-state index in [0.717, 1.165) is 30.8 Å². The molecule has 1 amide bonds. The molecule has 1 aromatic heterocycles. The molecule has 5 rings (SSSR count). The SMILES string of the molecule is CCC(=O)N1c2nc(-c3ccc(Cl)cc3)nn2C2(CCCCC2)[C@@H]2CCCC[C@@H]21. The molecular weight excluding hydrogens is 384 g/mol. The molecule has 3 aliphatic rings. The van der Waals surface area contributed by atoms with Crippen LogP contribution in [0.3, 0.4) is 0 Å². The second-order valence-electron chi connectivity index (χ2n) is 8.89.